The number of nitrogens with one attached hydrogen (secondary N) is 1. The summed E-state index contributed by atoms with van der Waals surface area (Å²) in [5.41, 5.74) is -0.925. The fourth-order valence-corrected chi connectivity index (χ4v) is 2.02. The summed E-state index contributed by atoms with van der Waals surface area (Å²) in [6.07, 6.45) is 5.19. The normalized spacial score (nSPS) is 14.5. The van der Waals surface area contributed by atoms with Crippen LogP contribution in [0.5, 0.6) is 0 Å². The van der Waals surface area contributed by atoms with Crippen LogP contribution < -0.4 is 5.32 Å². The van der Waals surface area contributed by atoms with Gasteiger partial charge in [-0.1, -0.05) is 0 Å². The Balaban J connectivity index is 1.74. The van der Waals surface area contributed by atoms with E-state index < -0.39 is 17.4 Å². The lowest BCUT2D eigenvalue weighted by atomic mass is 10.1. The van der Waals surface area contributed by atoms with Crippen LogP contribution in [0.1, 0.15) is 48.9 Å². The van der Waals surface area contributed by atoms with E-state index in [0.29, 0.717) is 11.7 Å². The van der Waals surface area contributed by atoms with Crippen molar-refractivity contribution in [2.45, 2.75) is 38.1 Å². The van der Waals surface area contributed by atoms with Crippen LogP contribution in [0.4, 0.5) is 5.82 Å². The standard InChI is InChI=1S/C15H17N5O3/c1-15(2,14(22)23)20-8-6-11(19-20)18-13(21)10-5-7-16-12(17-10)9-3-4-9/h5-9H,3-4H2,1-2H3,(H,22,23)(H,18,19,21). The van der Waals surface area contributed by atoms with Gasteiger partial charge in [0.25, 0.3) is 5.91 Å². The molecule has 0 bridgehead atoms. The number of carbonyl (C=O) groups excluding carboxylic acids is 1. The van der Waals surface area contributed by atoms with Gasteiger partial charge in [0.15, 0.2) is 11.4 Å². The minimum Gasteiger partial charge on any atom is -0.479 e. The summed E-state index contributed by atoms with van der Waals surface area (Å²) >= 11 is 0. The highest BCUT2D eigenvalue weighted by Crippen LogP contribution is 2.37. The Labute approximate surface area is 132 Å². The molecule has 0 aliphatic heterocycles. The first kappa shape index (κ1) is 15.1. The molecular weight excluding hydrogens is 298 g/mol. The van der Waals surface area contributed by atoms with Crippen molar-refractivity contribution in [2.24, 2.45) is 0 Å². The molecule has 8 nitrogen and oxygen atoms in total. The third kappa shape index (κ3) is 3.05. The molecule has 120 valence electrons. The van der Waals surface area contributed by atoms with Crippen LogP contribution in [0.25, 0.3) is 0 Å². The van der Waals surface area contributed by atoms with Gasteiger partial charge in [-0.15, -0.1) is 0 Å². The third-order valence-electron chi connectivity index (χ3n) is 3.78. The van der Waals surface area contributed by atoms with Gasteiger partial charge in [-0.3, -0.25) is 9.48 Å². The first-order valence-corrected chi connectivity index (χ1v) is 7.32. The Bertz CT molecular complexity index is 764. The summed E-state index contributed by atoms with van der Waals surface area (Å²) in [6, 6.07) is 3.09. The van der Waals surface area contributed by atoms with Crippen molar-refractivity contribution in [1.29, 1.82) is 0 Å². The van der Waals surface area contributed by atoms with Gasteiger partial charge in [-0.25, -0.2) is 14.8 Å². The minimum atomic E-state index is -1.20. The molecule has 0 atom stereocenters. The van der Waals surface area contributed by atoms with E-state index in [1.54, 1.807) is 18.3 Å². The molecule has 2 aromatic rings. The Hall–Kier alpha value is -2.77. The van der Waals surface area contributed by atoms with Crippen LogP contribution in [0.3, 0.4) is 0 Å². The molecule has 1 fully saturated rings. The number of carboxylic acid groups (broad SMARTS) is 1. The van der Waals surface area contributed by atoms with Crippen LogP contribution in [0.2, 0.25) is 0 Å². The van der Waals surface area contributed by atoms with Crippen LogP contribution in [-0.4, -0.2) is 36.7 Å². The molecule has 3 rings (SSSR count). The van der Waals surface area contributed by atoms with Gasteiger partial charge in [0.2, 0.25) is 0 Å². The molecule has 1 saturated carbocycles. The van der Waals surface area contributed by atoms with Crippen LogP contribution in [0, 0.1) is 0 Å². The Morgan fingerprint density at radius 3 is 2.74 bits per heavy atom. The van der Waals surface area contributed by atoms with Crippen molar-refractivity contribution in [3.8, 4) is 0 Å². The molecule has 1 aliphatic carbocycles. The van der Waals surface area contributed by atoms with E-state index in [-0.39, 0.29) is 11.5 Å². The predicted octanol–water partition coefficient (Wildman–Crippen LogP) is 1.62. The Morgan fingerprint density at radius 2 is 2.09 bits per heavy atom. The third-order valence-corrected chi connectivity index (χ3v) is 3.78. The van der Waals surface area contributed by atoms with E-state index in [4.69, 9.17) is 0 Å². The highest BCUT2D eigenvalue weighted by atomic mass is 16.4. The van der Waals surface area contributed by atoms with Gasteiger partial charge in [-0.2, -0.15) is 5.10 Å². The average molecular weight is 315 g/mol. The lowest BCUT2D eigenvalue weighted by Gasteiger charge is -2.19. The molecular formula is C15H17N5O3. The lowest BCUT2D eigenvalue weighted by Crippen LogP contribution is -2.36. The quantitative estimate of drug-likeness (QED) is 0.867. The zero-order valence-electron chi connectivity index (χ0n) is 12.9. The molecule has 2 aromatic heterocycles. The molecule has 0 unspecified atom stereocenters. The van der Waals surface area contributed by atoms with Gasteiger partial charge >= 0.3 is 5.97 Å². The zero-order chi connectivity index (χ0) is 16.6. The van der Waals surface area contributed by atoms with Gasteiger partial charge in [0.05, 0.1) is 0 Å². The SMILES string of the molecule is CC(C)(C(=O)O)n1ccc(NC(=O)c2ccnc(C3CC3)n2)n1. The number of rotatable bonds is 5. The Kier molecular flexibility index (Phi) is 3.59. The molecule has 8 heteroatoms. The molecule has 1 amide bonds. The highest BCUT2D eigenvalue weighted by molar-refractivity contribution is 6.02. The van der Waals surface area contributed by atoms with E-state index in [9.17, 15) is 14.7 Å². The van der Waals surface area contributed by atoms with Gasteiger partial charge in [0.1, 0.15) is 11.5 Å². The second-order valence-corrected chi connectivity index (χ2v) is 6.04. The van der Waals surface area contributed by atoms with Crippen molar-refractivity contribution in [3.05, 3.63) is 36.0 Å². The smallest absolute Gasteiger partial charge is 0.331 e. The number of hydrogen-bond donors (Lipinski definition) is 2. The van der Waals surface area contributed by atoms with Gasteiger partial charge in [0, 0.05) is 24.4 Å². The monoisotopic (exact) mass is 315 g/mol. The van der Waals surface area contributed by atoms with Crippen molar-refractivity contribution in [2.75, 3.05) is 5.32 Å². The summed E-state index contributed by atoms with van der Waals surface area (Å²) in [5, 5.41) is 15.9. The number of anilines is 1. The zero-order valence-corrected chi connectivity index (χ0v) is 12.9. The molecule has 2 heterocycles. The largest absolute Gasteiger partial charge is 0.479 e. The Morgan fingerprint density at radius 1 is 1.35 bits per heavy atom. The lowest BCUT2D eigenvalue weighted by molar-refractivity contribution is -0.146. The van der Waals surface area contributed by atoms with E-state index >= 15 is 0 Å². The van der Waals surface area contributed by atoms with E-state index in [2.05, 4.69) is 20.4 Å². The molecule has 2 N–H and O–H groups in total. The maximum atomic E-state index is 12.2. The van der Waals surface area contributed by atoms with Crippen LogP contribution in [-0.2, 0) is 10.3 Å². The topological polar surface area (TPSA) is 110 Å². The molecule has 0 radical (unpaired) electrons. The predicted molar refractivity (Wildman–Crippen MR) is 81.1 cm³/mol. The molecule has 0 saturated heterocycles. The van der Waals surface area contributed by atoms with Crippen molar-refractivity contribution < 1.29 is 14.7 Å². The maximum absolute atomic E-state index is 12.2. The molecule has 0 aromatic carbocycles. The summed E-state index contributed by atoms with van der Waals surface area (Å²) in [7, 11) is 0. The second-order valence-electron chi connectivity index (χ2n) is 6.04. The summed E-state index contributed by atoms with van der Waals surface area (Å²) in [4.78, 5) is 31.9. The van der Waals surface area contributed by atoms with Crippen molar-refractivity contribution >= 4 is 17.7 Å². The van der Waals surface area contributed by atoms with E-state index in [1.807, 2.05) is 0 Å². The molecule has 0 spiro atoms. The van der Waals surface area contributed by atoms with Crippen molar-refractivity contribution in [1.82, 2.24) is 19.7 Å². The first-order valence-electron chi connectivity index (χ1n) is 7.32. The van der Waals surface area contributed by atoms with Gasteiger partial charge < -0.3 is 10.4 Å². The minimum absolute atomic E-state index is 0.272. The second kappa shape index (κ2) is 5.45. The van der Waals surface area contributed by atoms with Crippen molar-refractivity contribution in [3.63, 3.8) is 0 Å². The van der Waals surface area contributed by atoms with Crippen LogP contribution >= 0.6 is 0 Å². The first-order chi connectivity index (χ1) is 10.9. The fourth-order valence-electron chi connectivity index (χ4n) is 2.02. The van der Waals surface area contributed by atoms with Gasteiger partial charge in [-0.05, 0) is 32.8 Å². The number of aromatic nitrogens is 4. The fraction of sp³-hybridized carbons (Fsp3) is 0.400. The number of carboxylic acids is 1. The summed E-state index contributed by atoms with van der Waals surface area (Å²) in [5.74, 6) is -0.0829. The molecule has 23 heavy (non-hydrogen) atoms. The number of amides is 1. The number of hydrogen-bond acceptors (Lipinski definition) is 5. The highest BCUT2D eigenvalue weighted by Gasteiger charge is 2.30. The number of aliphatic carboxylic acids is 1. The molecule has 1 aliphatic rings. The summed E-state index contributed by atoms with van der Waals surface area (Å²) < 4.78 is 1.29. The maximum Gasteiger partial charge on any atom is 0.331 e. The van der Waals surface area contributed by atoms with E-state index in [0.717, 1.165) is 12.8 Å². The summed E-state index contributed by atoms with van der Waals surface area (Å²) in [6.45, 7) is 3.06. The van der Waals surface area contributed by atoms with E-state index in [1.165, 1.54) is 24.7 Å². The average Bonchev–Trinajstić information content (AvgIpc) is 3.26. The number of nitrogens with zero attached hydrogens (tertiary/aromatic N) is 4. The van der Waals surface area contributed by atoms with Crippen LogP contribution in [0.15, 0.2) is 24.5 Å². The number of carbonyl (C=O) groups is 2.